The SMILES string of the molecule is COc1ccc(-n2nnnc2SCCc2c(C)nc3ccccn3c2=O)cc1. The molecule has 4 aromatic rings. The van der Waals surface area contributed by atoms with Crippen molar-refractivity contribution in [2.75, 3.05) is 12.9 Å². The molecule has 3 aromatic heterocycles. The largest absolute Gasteiger partial charge is 0.497 e. The Hall–Kier alpha value is -3.20. The third-order valence-corrected chi connectivity index (χ3v) is 5.30. The molecule has 1 aromatic carbocycles. The first-order chi connectivity index (χ1) is 13.7. The number of thioether (sulfide) groups is 1. The standard InChI is InChI=1S/C19H18N6O2S/c1-13-16(18(26)24-11-4-3-5-17(24)20-13)10-12-28-19-21-22-23-25(19)14-6-8-15(27-2)9-7-14/h3-9,11H,10,12H2,1-2H3. The Balaban J connectivity index is 1.52. The topological polar surface area (TPSA) is 87.2 Å². The lowest BCUT2D eigenvalue weighted by Crippen LogP contribution is -2.22. The summed E-state index contributed by atoms with van der Waals surface area (Å²) in [7, 11) is 1.62. The summed E-state index contributed by atoms with van der Waals surface area (Å²) in [4.78, 5) is 17.3. The molecular weight excluding hydrogens is 376 g/mol. The van der Waals surface area contributed by atoms with Crippen LogP contribution in [0.25, 0.3) is 11.3 Å². The maximum absolute atomic E-state index is 12.7. The van der Waals surface area contributed by atoms with Crippen molar-refractivity contribution in [1.29, 1.82) is 0 Å². The van der Waals surface area contributed by atoms with Gasteiger partial charge in [-0.3, -0.25) is 9.20 Å². The van der Waals surface area contributed by atoms with Crippen molar-refractivity contribution in [3.05, 3.63) is 70.3 Å². The number of tetrazole rings is 1. The summed E-state index contributed by atoms with van der Waals surface area (Å²) < 4.78 is 8.43. The van der Waals surface area contributed by atoms with Crippen LogP contribution in [0.1, 0.15) is 11.3 Å². The zero-order chi connectivity index (χ0) is 19.5. The number of benzene rings is 1. The summed E-state index contributed by atoms with van der Waals surface area (Å²) in [6.07, 6.45) is 2.32. The predicted octanol–water partition coefficient (Wildman–Crippen LogP) is 2.32. The van der Waals surface area contributed by atoms with Crippen molar-refractivity contribution in [2.45, 2.75) is 18.5 Å². The van der Waals surface area contributed by atoms with Crippen LogP contribution in [0, 0.1) is 6.92 Å². The Kier molecular flexibility index (Phi) is 5.07. The van der Waals surface area contributed by atoms with Crippen molar-refractivity contribution in [2.24, 2.45) is 0 Å². The van der Waals surface area contributed by atoms with E-state index in [1.165, 1.54) is 11.8 Å². The summed E-state index contributed by atoms with van der Waals surface area (Å²) in [5.41, 5.74) is 2.94. The summed E-state index contributed by atoms with van der Waals surface area (Å²) in [5.74, 6) is 1.43. The molecule has 28 heavy (non-hydrogen) atoms. The molecule has 0 amide bonds. The number of hydrogen-bond acceptors (Lipinski definition) is 7. The van der Waals surface area contributed by atoms with Crippen LogP contribution >= 0.6 is 11.8 Å². The number of ether oxygens (including phenoxy) is 1. The highest BCUT2D eigenvalue weighted by Gasteiger charge is 2.12. The highest BCUT2D eigenvalue weighted by atomic mass is 32.2. The van der Waals surface area contributed by atoms with Gasteiger partial charge in [0.15, 0.2) is 0 Å². The van der Waals surface area contributed by atoms with Gasteiger partial charge in [0.25, 0.3) is 5.56 Å². The quantitative estimate of drug-likeness (QED) is 0.464. The van der Waals surface area contributed by atoms with E-state index in [2.05, 4.69) is 20.5 Å². The van der Waals surface area contributed by atoms with Gasteiger partial charge in [0.2, 0.25) is 5.16 Å². The molecule has 0 saturated carbocycles. The lowest BCUT2D eigenvalue weighted by atomic mass is 10.2. The molecule has 0 saturated heterocycles. The fraction of sp³-hybridized carbons (Fsp3) is 0.211. The summed E-state index contributed by atoms with van der Waals surface area (Å²) in [6, 6.07) is 13.0. The number of fused-ring (bicyclic) bond motifs is 1. The van der Waals surface area contributed by atoms with Crippen LogP contribution in [0.5, 0.6) is 5.75 Å². The molecule has 0 fully saturated rings. The molecule has 0 N–H and O–H groups in total. The van der Waals surface area contributed by atoms with E-state index in [4.69, 9.17) is 4.74 Å². The zero-order valence-corrected chi connectivity index (χ0v) is 16.3. The van der Waals surface area contributed by atoms with Crippen LogP contribution in [0.3, 0.4) is 0 Å². The average Bonchev–Trinajstić information content (AvgIpc) is 3.19. The van der Waals surface area contributed by atoms with Gasteiger partial charge in [-0.2, -0.15) is 4.68 Å². The zero-order valence-electron chi connectivity index (χ0n) is 15.4. The van der Waals surface area contributed by atoms with Crippen LogP contribution in [-0.2, 0) is 6.42 Å². The minimum absolute atomic E-state index is 0.0292. The smallest absolute Gasteiger partial charge is 0.261 e. The summed E-state index contributed by atoms with van der Waals surface area (Å²) >= 11 is 1.50. The normalized spacial score (nSPS) is 11.1. The van der Waals surface area contributed by atoms with Crippen LogP contribution in [0.2, 0.25) is 0 Å². The summed E-state index contributed by atoms with van der Waals surface area (Å²) in [5, 5.41) is 12.6. The first kappa shape index (κ1) is 18.2. The summed E-state index contributed by atoms with van der Waals surface area (Å²) in [6.45, 7) is 1.87. The third kappa shape index (κ3) is 3.48. The van der Waals surface area contributed by atoms with Gasteiger partial charge in [-0.15, -0.1) is 5.10 Å². The highest BCUT2D eigenvalue weighted by Crippen LogP contribution is 2.21. The van der Waals surface area contributed by atoms with Crippen molar-refractivity contribution < 1.29 is 4.74 Å². The first-order valence-corrected chi connectivity index (χ1v) is 9.68. The van der Waals surface area contributed by atoms with Gasteiger partial charge < -0.3 is 4.74 Å². The van der Waals surface area contributed by atoms with E-state index < -0.39 is 0 Å². The highest BCUT2D eigenvalue weighted by molar-refractivity contribution is 7.99. The van der Waals surface area contributed by atoms with E-state index in [0.717, 1.165) is 17.1 Å². The van der Waals surface area contributed by atoms with Crippen LogP contribution in [0.15, 0.2) is 58.6 Å². The second-order valence-electron chi connectivity index (χ2n) is 6.08. The van der Waals surface area contributed by atoms with Gasteiger partial charge in [0, 0.05) is 23.2 Å². The van der Waals surface area contributed by atoms with Gasteiger partial charge in [-0.1, -0.05) is 17.8 Å². The number of methoxy groups -OCH3 is 1. The second kappa shape index (κ2) is 7.81. The molecule has 0 spiro atoms. The van der Waals surface area contributed by atoms with E-state index in [1.54, 1.807) is 22.4 Å². The molecule has 0 aliphatic rings. The van der Waals surface area contributed by atoms with Crippen molar-refractivity contribution in [3.63, 3.8) is 0 Å². The molecule has 142 valence electrons. The molecule has 8 nitrogen and oxygen atoms in total. The van der Waals surface area contributed by atoms with E-state index in [1.807, 2.05) is 49.4 Å². The average molecular weight is 394 g/mol. The third-order valence-electron chi connectivity index (χ3n) is 4.38. The van der Waals surface area contributed by atoms with Crippen molar-refractivity contribution in [3.8, 4) is 11.4 Å². The molecular formula is C19H18N6O2S. The number of hydrogen-bond donors (Lipinski definition) is 0. The molecule has 0 aliphatic heterocycles. The molecule has 9 heteroatoms. The molecule has 0 unspecified atom stereocenters. The van der Waals surface area contributed by atoms with Gasteiger partial charge in [-0.25, -0.2) is 4.98 Å². The number of aromatic nitrogens is 6. The number of aryl methyl sites for hydroxylation is 1. The minimum Gasteiger partial charge on any atom is -0.497 e. The van der Waals surface area contributed by atoms with Gasteiger partial charge in [-0.05, 0) is 60.2 Å². The Morgan fingerprint density at radius 2 is 1.96 bits per heavy atom. The molecule has 0 atom stereocenters. The van der Waals surface area contributed by atoms with Crippen LogP contribution in [0.4, 0.5) is 0 Å². The lowest BCUT2D eigenvalue weighted by Gasteiger charge is -2.08. The first-order valence-electron chi connectivity index (χ1n) is 8.70. The number of nitrogens with zero attached hydrogens (tertiary/aromatic N) is 6. The van der Waals surface area contributed by atoms with E-state index in [0.29, 0.717) is 28.5 Å². The fourth-order valence-electron chi connectivity index (χ4n) is 2.92. The Morgan fingerprint density at radius 1 is 1.14 bits per heavy atom. The second-order valence-corrected chi connectivity index (χ2v) is 7.14. The number of rotatable bonds is 6. The molecule has 3 heterocycles. The molecule has 0 bridgehead atoms. The van der Waals surface area contributed by atoms with Crippen LogP contribution in [-0.4, -0.2) is 42.5 Å². The minimum atomic E-state index is -0.0292. The van der Waals surface area contributed by atoms with E-state index in [-0.39, 0.29) is 5.56 Å². The van der Waals surface area contributed by atoms with E-state index in [9.17, 15) is 4.79 Å². The van der Waals surface area contributed by atoms with Gasteiger partial charge >= 0.3 is 0 Å². The van der Waals surface area contributed by atoms with Crippen molar-refractivity contribution >= 4 is 17.4 Å². The molecule has 0 radical (unpaired) electrons. The Labute approximate surface area is 165 Å². The molecule has 4 rings (SSSR count). The molecule has 0 aliphatic carbocycles. The maximum atomic E-state index is 12.7. The van der Waals surface area contributed by atoms with E-state index >= 15 is 0 Å². The maximum Gasteiger partial charge on any atom is 0.261 e. The fourth-order valence-corrected chi connectivity index (χ4v) is 3.77. The van der Waals surface area contributed by atoms with Crippen LogP contribution < -0.4 is 10.3 Å². The Bertz CT molecular complexity index is 1170. The lowest BCUT2D eigenvalue weighted by molar-refractivity contribution is 0.414. The predicted molar refractivity (Wildman–Crippen MR) is 106 cm³/mol. The Morgan fingerprint density at radius 3 is 2.75 bits per heavy atom. The monoisotopic (exact) mass is 394 g/mol. The number of pyridine rings is 1. The van der Waals surface area contributed by atoms with Gasteiger partial charge in [0.05, 0.1) is 12.8 Å². The van der Waals surface area contributed by atoms with Gasteiger partial charge in [0.1, 0.15) is 11.4 Å². The van der Waals surface area contributed by atoms with Crippen molar-refractivity contribution in [1.82, 2.24) is 29.6 Å².